The number of fused-ring (bicyclic) bond motifs is 1. The van der Waals surface area contributed by atoms with Gasteiger partial charge < -0.3 is 60.6 Å². The van der Waals surface area contributed by atoms with Gasteiger partial charge >= 0.3 is 27.3 Å². The molecule has 28 heteroatoms. The van der Waals surface area contributed by atoms with Crippen molar-refractivity contribution in [1.29, 1.82) is 0 Å². The Balaban J connectivity index is 1.39. The zero-order chi connectivity index (χ0) is 42.4. The first-order valence-electron chi connectivity index (χ1n) is 17.4. The number of allylic oxidation sites excluding steroid dienone is 1. The summed E-state index contributed by atoms with van der Waals surface area (Å²) in [6.45, 7) is 3.65. The van der Waals surface area contributed by atoms with Crippen LogP contribution in [0.4, 0.5) is 11.6 Å². The maximum Gasteiger partial charge on any atom is 0.472 e. The summed E-state index contributed by atoms with van der Waals surface area (Å²) in [7, 11) is -10.6. The number of anilines is 2. The number of nitrogens with one attached hydrogen (secondary N) is 1. The SMILES string of the molecule is C=CCCC(=O)NC(CCOCC)C(=O)O[C@H]1[C@@H](O)[C@H](n2cnc3c(N)ncnc32)O[C@@H]1COP(=O)(O)O[C@H]1[C@@H](O)[C@H](n2ccc(N)nc2=O)O[C@@H]1COP(=O)(O)O. The summed E-state index contributed by atoms with van der Waals surface area (Å²) in [5, 5.41) is 25.2. The number of hydrogen-bond acceptors (Lipinski definition) is 20. The summed E-state index contributed by atoms with van der Waals surface area (Å²) in [5.41, 5.74) is 10.6. The van der Waals surface area contributed by atoms with Gasteiger partial charge in [0, 0.05) is 32.3 Å². The molecule has 5 rings (SSSR count). The van der Waals surface area contributed by atoms with Crippen LogP contribution in [0.5, 0.6) is 0 Å². The number of nitrogens with zero attached hydrogens (tertiary/aromatic N) is 6. The summed E-state index contributed by atoms with van der Waals surface area (Å²) in [4.78, 5) is 83.8. The lowest BCUT2D eigenvalue weighted by Gasteiger charge is -2.26. The second-order valence-electron chi connectivity index (χ2n) is 12.7. The van der Waals surface area contributed by atoms with Gasteiger partial charge in [-0.25, -0.2) is 33.7 Å². The molecule has 0 bridgehead atoms. The topological polar surface area (TPSA) is 377 Å². The largest absolute Gasteiger partial charge is 0.472 e. The molecule has 3 aromatic heterocycles. The van der Waals surface area contributed by atoms with E-state index < -0.39 is 102 Å². The fraction of sp³-hybridized carbons (Fsp3) is 0.567. The lowest BCUT2D eigenvalue weighted by molar-refractivity contribution is -0.160. The van der Waals surface area contributed by atoms with Gasteiger partial charge in [-0.3, -0.25) is 27.5 Å². The first-order chi connectivity index (χ1) is 27.4. The number of rotatable bonds is 20. The predicted octanol–water partition coefficient (Wildman–Crippen LogP) is -1.83. The number of phosphoric ester groups is 2. The predicted molar refractivity (Wildman–Crippen MR) is 193 cm³/mol. The number of amides is 1. The van der Waals surface area contributed by atoms with Gasteiger partial charge in [0.25, 0.3) is 0 Å². The normalized spacial score (nSPS) is 26.3. The van der Waals surface area contributed by atoms with Gasteiger partial charge in [0.2, 0.25) is 5.91 Å². The molecule has 0 saturated carbocycles. The van der Waals surface area contributed by atoms with Crippen LogP contribution in [-0.2, 0) is 51.2 Å². The van der Waals surface area contributed by atoms with E-state index in [-0.39, 0.29) is 42.2 Å². The summed E-state index contributed by atoms with van der Waals surface area (Å²) in [5.74, 6) is -1.74. The maximum absolute atomic E-state index is 13.6. The minimum Gasteiger partial charge on any atom is -0.455 e. The Bertz CT molecular complexity index is 2080. The minimum atomic E-state index is -5.40. The molecule has 3 aromatic rings. The van der Waals surface area contributed by atoms with Crippen molar-refractivity contribution in [2.75, 3.05) is 37.9 Å². The molecule has 58 heavy (non-hydrogen) atoms. The number of aliphatic hydroxyl groups is 2. The van der Waals surface area contributed by atoms with Crippen molar-refractivity contribution < 1.29 is 76.1 Å². The van der Waals surface area contributed by atoms with Crippen molar-refractivity contribution in [3.8, 4) is 0 Å². The number of aromatic nitrogens is 6. The van der Waals surface area contributed by atoms with Crippen LogP contribution in [0.1, 0.15) is 38.6 Å². The molecule has 320 valence electrons. The van der Waals surface area contributed by atoms with E-state index in [0.717, 1.165) is 17.1 Å². The molecular formula is C30H43N9O17P2. The van der Waals surface area contributed by atoms with Gasteiger partial charge in [-0.2, -0.15) is 4.98 Å². The third-order valence-electron chi connectivity index (χ3n) is 8.67. The van der Waals surface area contributed by atoms with Crippen LogP contribution < -0.4 is 22.5 Å². The van der Waals surface area contributed by atoms with Gasteiger partial charge in [0.15, 0.2) is 30.0 Å². The third-order valence-corrected chi connectivity index (χ3v) is 10.1. The van der Waals surface area contributed by atoms with Crippen LogP contribution >= 0.6 is 15.6 Å². The van der Waals surface area contributed by atoms with Crippen molar-refractivity contribution >= 4 is 50.3 Å². The van der Waals surface area contributed by atoms with E-state index in [4.69, 9.17) is 39.5 Å². The van der Waals surface area contributed by atoms with Crippen molar-refractivity contribution in [1.82, 2.24) is 34.4 Å². The molecule has 2 saturated heterocycles. The Morgan fingerprint density at radius 1 is 1.03 bits per heavy atom. The summed E-state index contributed by atoms with van der Waals surface area (Å²) in [6.07, 6.45) is -8.58. The number of phosphoric acid groups is 2. The average molecular weight is 864 g/mol. The molecule has 10 N–H and O–H groups in total. The zero-order valence-corrected chi connectivity index (χ0v) is 32.4. The Hall–Kier alpha value is -4.27. The highest BCUT2D eigenvalue weighted by Gasteiger charge is 2.52. The molecule has 0 aromatic carbocycles. The molecule has 26 nitrogen and oxygen atoms in total. The van der Waals surface area contributed by atoms with E-state index in [9.17, 15) is 48.4 Å². The summed E-state index contributed by atoms with van der Waals surface area (Å²) in [6, 6.07) is -0.107. The van der Waals surface area contributed by atoms with Gasteiger partial charge in [-0.1, -0.05) is 6.08 Å². The molecule has 0 spiro atoms. The Morgan fingerprint density at radius 2 is 1.71 bits per heavy atom. The lowest BCUT2D eigenvalue weighted by atomic mass is 10.1. The number of carbonyl (C=O) groups is 2. The number of esters is 1. The number of ether oxygens (including phenoxy) is 4. The Morgan fingerprint density at radius 3 is 2.38 bits per heavy atom. The molecule has 0 aliphatic carbocycles. The van der Waals surface area contributed by atoms with Gasteiger partial charge in [0.05, 0.1) is 19.5 Å². The smallest absolute Gasteiger partial charge is 0.455 e. The molecule has 2 fully saturated rings. The second-order valence-corrected chi connectivity index (χ2v) is 15.3. The zero-order valence-electron chi connectivity index (χ0n) is 30.6. The van der Waals surface area contributed by atoms with Gasteiger partial charge in [0.1, 0.15) is 54.2 Å². The van der Waals surface area contributed by atoms with E-state index in [1.807, 2.05) is 0 Å². The van der Waals surface area contributed by atoms with E-state index in [1.165, 1.54) is 23.0 Å². The number of imidazole rings is 1. The van der Waals surface area contributed by atoms with Crippen LogP contribution in [0.25, 0.3) is 11.2 Å². The monoisotopic (exact) mass is 863 g/mol. The number of nitrogen functional groups attached to an aromatic ring is 2. The van der Waals surface area contributed by atoms with Gasteiger partial charge in [-0.15, -0.1) is 6.58 Å². The minimum absolute atomic E-state index is 0.00146. The average Bonchev–Trinajstić information content (AvgIpc) is 3.82. The van der Waals surface area contributed by atoms with E-state index in [2.05, 4.69) is 36.4 Å². The fourth-order valence-corrected chi connectivity index (χ4v) is 7.26. The molecule has 1 amide bonds. The number of carbonyl (C=O) groups excluding carboxylic acids is 2. The van der Waals surface area contributed by atoms with E-state index in [0.29, 0.717) is 13.0 Å². The quantitative estimate of drug-likeness (QED) is 0.0268. The van der Waals surface area contributed by atoms with Crippen molar-refractivity contribution in [3.63, 3.8) is 0 Å². The molecule has 2 aliphatic rings. The van der Waals surface area contributed by atoms with Crippen molar-refractivity contribution in [2.45, 2.75) is 81.3 Å². The van der Waals surface area contributed by atoms with E-state index in [1.54, 1.807) is 6.92 Å². The van der Waals surface area contributed by atoms with Crippen LogP contribution in [-0.4, -0.2) is 135 Å². The van der Waals surface area contributed by atoms with Crippen molar-refractivity contribution in [3.05, 3.63) is 48.1 Å². The third kappa shape index (κ3) is 11.1. The molecule has 5 heterocycles. The summed E-state index contributed by atoms with van der Waals surface area (Å²) >= 11 is 0. The Kier molecular flexibility index (Phi) is 14.8. The van der Waals surface area contributed by atoms with Crippen LogP contribution in [0.2, 0.25) is 0 Å². The molecule has 2 aliphatic heterocycles. The van der Waals surface area contributed by atoms with Crippen LogP contribution in [0.15, 0.2) is 42.4 Å². The van der Waals surface area contributed by atoms with Gasteiger partial charge in [-0.05, 0) is 19.4 Å². The molecular weight excluding hydrogens is 820 g/mol. The highest BCUT2D eigenvalue weighted by atomic mass is 31.2. The standard InChI is InChI=1S/C30H43N9O17P2/c1-3-5-6-19(40)36-15(8-10-50-4-2)29(43)55-23-16(53-28(21(23)41)39-14-35-20-25(32)33-13-34-26(20)39)12-52-58(48,49)56-24-17(11-51-57(45,46)47)54-27(22(24)42)38-9-7-18(31)37-30(38)44/h3,7,9,13-17,21-24,27-28,41-42H,1,4-6,8,10-12H2,2H3,(H,36,40)(H,48,49)(H2,31,37,44)(H2,32,33,34)(H2,45,46,47)/t15?,16-,17-,21-,22-,23-,24-,27-,28-/m1/s1. The number of nitrogens with two attached hydrogens (primary N) is 2. The highest BCUT2D eigenvalue weighted by molar-refractivity contribution is 7.47. The summed E-state index contributed by atoms with van der Waals surface area (Å²) < 4.78 is 64.5. The van der Waals surface area contributed by atoms with E-state index >= 15 is 0 Å². The van der Waals surface area contributed by atoms with Crippen LogP contribution in [0.3, 0.4) is 0 Å². The Labute approximate surface area is 327 Å². The van der Waals surface area contributed by atoms with Crippen molar-refractivity contribution in [2.24, 2.45) is 0 Å². The second kappa shape index (κ2) is 19.2. The number of aliphatic hydroxyl groups excluding tert-OH is 2. The molecule has 0 radical (unpaired) electrons. The first-order valence-corrected chi connectivity index (χ1v) is 20.4. The molecule has 10 atom stereocenters. The highest BCUT2D eigenvalue weighted by Crippen LogP contribution is 2.50. The number of hydrogen-bond donors (Lipinski definition) is 8. The van der Waals surface area contributed by atoms with Crippen LogP contribution in [0, 0.1) is 0 Å². The maximum atomic E-state index is 13.6. The molecule has 2 unspecified atom stereocenters. The fourth-order valence-electron chi connectivity index (χ4n) is 5.95. The lowest BCUT2D eigenvalue weighted by Crippen LogP contribution is -2.47. The first kappa shape index (κ1) is 44.8.